The van der Waals surface area contributed by atoms with Gasteiger partial charge in [0, 0.05) is 5.69 Å². The highest BCUT2D eigenvalue weighted by Crippen LogP contribution is 2.37. The van der Waals surface area contributed by atoms with Gasteiger partial charge in [0.1, 0.15) is 0 Å². The van der Waals surface area contributed by atoms with Crippen LogP contribution in [0.5, 0.6) is 0 Å². The fraction of sp³-hybridized carbons (Fsp3) is 0.462. The quantitative estimate of drug-likeness (QED) is 0.814. The molecule has 0 bridgehead atoms. The Hall–Kier alpha value is -1.35. The van der Waals surface area contributed by atoms with Crippen LogP contribution in [0.4, 0.5) is 5.69 Å². The number of hydrogen-bond acceptors (Lipinski definition) is 2. The highest BCUT2D eigenvalue weighted by molar-refractivity contribution is 6.03. The molecule has 1 heterocycles. The first-order chi connectivity index (χ1) is 7.67. The fourth-order valence-electron chi connectivity index (χ4n) is 2.40. The number of fused-ring (bicyclic) bond motifs is 1. The molecule has 0 saturated heterocycles. The van der Waals surface area contributed by atoms with Gasteiger partial charge < -0.3 is 11.1 Å². The van der Waals surface area contributed by atoms with E-state index in [0.717, 1.165) is 29.7 Å². The Morgan fingerprint density at radius 3 is 2.81 bits per heavy atom. The average molecular weight is 218 g/mol. The van der Waals surface area contributed by atoms with Gasteiger partial charge in [-0.15, -0.1) is 0 Å². The van der Waals surface area contributed by atoms with Gasteiger partial charge in [-0.2, -0.15) is 0 Å². The predicted octanol–water partition coefficient (Wildman–Crippen LogP) is 1.94. The third-order valence-electron chi connectivity index (χ3n) is 3.21. The van der Waals surface area contributed by atoms with E-state index in [2.05, 4.69) is 17.4 Å². The summed E-state index contributed by atoms with van der Waals surface area (Å²) in [5.41, 5.74) is 10.1. The number of hydrogen-bond donors (Lipinski definition) is 2. The second-order valence-electron chi connectivity index (χ2n) is 4.37. The zero-order valence-corrected chi connectivity index (χ0v) is 9.84. The second kappa shape index (κ2) is 4.26. The molecular weight excluding hydrogens is 200 g/mol. The molecule has 0 radical (unpaired) electrons. The third kappa shape index (κ3) is 1.71. The van der Waals surface area contributed by atoms with Gasteiger partial charge in [0.2, 0.25) is 5.91 Å². The molecule has 0 saturated carbocycles. The van der Waals surface area contributed by atoms with Gasteiger partial charge in [-0.25, -0.2) is 0 Å². The van der Waals surface area contributed by atoms with Crippen molar-refractivity contribution in [2.45, 2.75) is 32.6 Å². The van der Waals surface area contributed by atoms with Gasteiger partial charge in [-0.1, -0.05) is 19.1 Å². The summed E-state index contributed by atoms with van der Waals surface area (Å²) >= 11 is 0. The van der Waals surface area contributed by atoms with Crippen LogP contribution in [-0.4, -0.2) is 12.5 Å². The highest BCUT2D eigenvalue weighted by atomic mass is 16.2. The van der Waals surface area contributed by atoms with E-state index in [1.165, 1.54) is 5.56 Å². The Kier molecular flexibility index (Phi) is 2.97. The molecule has 0 aliphatic carbocycles. The molecule has 0 fully saturated rings. The molecule has 0 spiro atoms. The first-order valence-electron chi connectivity index (χ1n) is 5.81. The van der Waals surface area contributed by atoms with E-state index in [9.17, 15) is 4.79 Å². The van der Waals surface area contributed by atoms with E-state index in [1.807, 2.05) is 13.8 Å². The Bertz CT molecular complexity index is 426. The topological polar surface area (TPSA) is 55.1 Å². The van der Waals surface area contributed by atoms with Crippen LogP contribution in [0.25, 0.3) is 0 Å². The highest BCUT2D eigenvalue weighted by Gasteiger charge is 2.30. The van der Waals surface area contributed by atoms with Crippen molar-refractivity contribution in [1.29, 1.82) is 0 Å². The summed E-state index contributed by atoms with van der Waals surface area (Å²) in [4.78, 5) is 11.7. The number of amides is 1. The fourth-order valence-corrected chi connectivity index (χ4v) is 2.40. The normalized spacial score (nSPS) is 18.4. The monoisotopic (exact) mass is 218 g/mol. The largest absolute Gasteiger partial charge is 0.330 e. The van der Waals surface area contributed by atoms with Gasteiger partial charge in [-0.05, 0) is 43.0 Å². The Balaban J connectivity index is 2.46. The van der Waals surface area contributed by atoms with E-state index in [0.29, 0.717) is 6.54 Å². The van der Waals surface area contributed by atoms with Crippen molar-refractivity contribution in [1.82, 2.24) is 0 Å². The van der Waals surface area contributed by atoms with E-state index in [4.69, 9.17) is 5.73 Å². The third-order valence-corrected chi connectivity index (χ3v) is 3.21. The lowest BCUT2D eigenvalue weighted by molar-refractivity contribution is -0.117. The summed E-state index contributed by atoms with van der Waals surface area (Å²) in [5.74, 6) is 0.150. The summed E-state index contributed by atoms with van der Waals surface area (Å²) in [6.45, 7) is 4.73. The number of nitrogens with two attached hydrogens (primary N) is 1. The van der Waals surface area contributed by atoms with Gasteiger partial charge in [-0.3, -0.25) is 4.79 Å². The molecule has 1 aliphatic rings. The number of aryl methyl sites for hydroxylation is 1. The molecular formula is C13H18N2O. The van der Waals surface area contributed by atoms with Gasteiger partial charge in [0.05, 0.1) is 5.92 Å². The van der Waals surface area contributed by atoms with Crippen molar-refractivity contribution in [2.24, 2.45) is 5.73 Å². The SMILES string of the molecule is CCC1C(=O)Nc2c(C)cc(CCN)cc21. The minimum absolute atomic E-state index is 0.0198. The lowest BCUT2D eigenvalue weighted by Crippen LogP contribution is -2.10. The number of benzene rings is 1. The zero-order valence-electron chi connectivity index (χ0n) is 9.84. The van der Waals surface area contributed by atoms with Crippen LogP contribution >= 0.6 is 0 Å². The Labute approximate surface area is 96.0 Å². The van der Waals surface area contributed by atoms with Crippen LogP contribution in [0, 0.1) is 6.92 Å². The van der Waals surface area contributed by atoms with Crippen LogP contribution in [-0.2, 0) is 11.2 Å². The lowest BCUT2D eigenvalue weighted by Gasteiger charge is -2.09. The summed E-state index contributed by atoms with van der Waals surface area (Å²) in [7, 11) is 0. The van der Waals surface area contributed by atoms with E-state index in [-0.39, 0.29) is 11.8 Å². The maximum Gasteiger partial charge on any atom is 0.232 e. The van der Waals surface area contributed by atoms with Crippen LogP contribution in [0.15, 0.2) is 12.1 Å². The predicted molar refractivity (Wildman–Crippen MR) is 65.6 cm³/mol. The number of anilines is 1. The summed E-state index contributed by atoms with van der Waals surface area (Å²) in [6, 6.07) is 4.24. The first-order valence-corrected chi connectivity index (χ1v) is 5.81. The standard InChI is InChI=1S/C13H18N2O/c1-3-10-11-7-9(4-5-14)6-8(2)12(11)15-13(10)16/h6-7,10H,3-5,14H2,1-2H3,(H,15,16). The van der Waals surface area contributed by atoms with Crippen LogP contribution in [0.3, 0.4) is 0 Å². The molecule has 16 heavy (non-hydrogen) atoms. The molecule has 1 aromatic carbocycles. The molecule has 86 valence electrons. The Morgan fingerprint density at radius 2 is 2.19 bits per heavy atom. The van der Waals surface area contributed by atoms with Crippen molar-refractivity contribution in [2.75, 3.05) is 11.9 Å². The van der Waals surface area contributed by atoms with Crippen molar-refractivity contribution >= 4 is 11.6 Å². The number of rotatable bonds is 3. The summed E-state index contributed by atoms with van der Waals surface area (Å²) in [6.07, 6.45) is 1.73. The van der Waals surface area contributed by atoms with Crippen molar-refractivity contribution < 1.29 is 4.79 Å². The van der Waals surface area contributed by atoms with Crippen molar-refractivity contribution in [3.8, 4) is 0 Å². The van der Waals surface area contributed by atoms with Crippen molar-refractivity contribution in [3.05, 3.63) is 28.8 Å². The minimum Gasteiger partial charge on any atom is -0.330 e. The maximum absolute atomic E-state index is 11.7. The molecule has 1 aliphatic heterocycles. The summed E-state index contributed by atoms with van der Waals surface area (Å²) < 4.78 is 0. The number of nitrogens with one attached hydrogen (secondary N) is 1. The van der Waals surface area contributed by atoms with Crippen LogP contribution < -0.4 is 11.1 Å². The molecule has 1 aromatic rings. The van der Waals surface area contributed by atoms with Crippen LogP contribution in [0.2, 0.25) is 0 Å². The van der Waals surface area contributed by atoms with Crippen molar-refractivity contribution in [3.63, 3.8) is 0 Å². The minimum atomic E-state index is 0.0198. The molecule has 0 aromatic heterocycles. The Morgan fingerprint density at radius 1 is 1.44 bits per heavy atom. The molecule has 1 unspecified atom stereocenters. The molecule has 1 amide bonds. The van der Waals surface area contributed by atoms with E-state index < -0.39 is 0 Å². The summed E-state index contributed by atoms with van der Waals surface area (Å²) in [5, 5.41) is 2.97. The van der Waals surface area contributed by atoms with E-state index >= 15 is 0 Å². The van der Waals surface area contributed by atoms with Gasteiger partial charge in [0.25, 0.3) is 0 Å². The molecule has 3 nitrogen and oxygen atoms in total. The number of carbonyl (C=O) groups excluding carboxylic acids is 1. The van der Waals surface area contributed by atoms with Crippen LogP contribution in [0.1, 0.15) is 36.0 Å². The zero-order chi connectivity index (χ0) is 11.7. The maximum atomic E-state index is 11.7. The second-order valence-corrected chi connectivity index (χ2v) is 4.37. The number of carbonyl (C=O) groups is 1. The lowest BCUT2D eigenvalue weighted by atomic mass is 9.93. The molecule has 2 rings (SSSR count). The average Bonchev–Trinajstić information content (AvgIpc) is 2.55. The van der Waals surface area contributed by atoms with Gasteiger partial charge in [0.15, 0.2) is 0 Å². The van der Waals surface area contributed by atoms with Gasteiger partial charge >= 0.3 is 0 Å². The molecule has 3 heteroatoms. The first kappa shape index (κ1) is 11.1. The van der Waals surface area contributed by atoms with E-state index in [1.54, 1.807) is 0 Å². The molecule has 1 atom stereocenters. The molecule has 3 N–H and O–H groups in total. The smallest absolute Gasteiger partial charge is 0.232 e.